The first-order valence-electron chi connectivity index (χ1n) is 6.82. The number of anilines is 1. The minimum absolute atomic E-state index is 0.375. The summed E-state index contributed by atoms with van der Waals surface area (Å²) in [4.78, 5) is 12.5. The molecular weight excluding hydrogens is 259 g/mol. The number of aliphatic hydroxyl groups is 1. The molecule has 108 valence electrons. The number of rotatable bonds is 7. The lowest BCUT2D eigenvalue weighted by Crippen LogP contribution is -2.35. The van der Waals surface area contributed by atoms with E-state index in [1.807, 2.05) is 6.07 Å². The summed E-state index contributed by atoms with van der Waals surface area (Å²) in [7, 11) is 0. The van der Waals surface area contributed by atoms with Gasteiger partial charge < -0.3 is 10.4 Å². The van der Waals surface area contributed by atoms with E-state index in [0.717, 1.165) is 12.8 Å². The predicted molar refractivity (Wildman–Crippen MR) is 76.3 cm³/mol. The number of aromatic nitrogens is 3. The van der Waals surface area contributed by atoms with Gasteiger partial charge in [0.25, 0.3) is 0 Å². The Morgan fingerprint density at radius 1 is 1.35 bits per heavy atom. The largest absolute Gasteiger partial charge is 0.388 e. The van der Waals surface area contributed by atoms with Gasteiger partial charge in [-0.3, -0.25) is 4.98 Å². The molecule has 2 N–H and O–H groups in total. The summed E-state index contributed by atoms with van der Waals surface area (Å²) in [6.07, 6.45) is 4.62. The Kier molecular flexibility index (Phi) is 5.17. The highest BCUT2D eigenvalue weighted by Crippen LogP contribution is 2.19. The van der Waals surface area contributed by atoms with E-state index in [1.165, 1.54) is 6.33 Å². The molecule has 0 spiro atoms. The molecule has 0 fully saturated rings. The average molecular weight is 278 g/mol. The third kappa shape index (κ3) is 3.39. The van der Waals surface area contributed by atoms with Gasteiger partial charge in [-0.25, -0.2) is 14.4 Å². The summed E-state index contributed by atoms with van der Waals surface area (Å²) in [6.45, 7) is 1.28. The first-order valence-corrected chi connectivity index (χ1v) is 6.82. The fraction of sp³-hybridized carbons (Fsp3) is 0.500. The van der Waals surface area contributed by atoms with Gasteiger partial charge in [0.1, 0.15) is 24.6 Å². The van der Waals surface area contributed by atoms with Crippen LogP contribution < -0.4 is 5.32 Å². The molecule has 0 radical (unpaired) electrons. The van der Waals surface area contributed by atoms with Crippen LogP contribution in [0.25, 0.3) is 11.0 Å². The van der Waals surface area contributed by atoms with E-state index in [0.29, 0.717) is 23.3 Å². The molecule has 0 saturated carbocycles. The Morgan fingerprint density at radius 2 is 2.20 bits per heavy atom. The lowest BCUT2D eigenvalue weighted by atomic mass is 10.0. The van der Waals surface area contributed by atoms with Crippen LogP contribution in [0.3, 0.4) is 0 Å². The number of fused-ring (bicyclic) bond motifs is 1. The Bertz CT molecular complexity index is 546. The standard InChI is InChI=1S/C14H19FN4O/c1-2-3-5-10(12(20)8-15)19-14-13-11(17-9-18-14)6-4-7-16-13/h4,6-7,9-10,12,20H,2-3,5,8H2,1H3,(H,17,18,19). The molecule has 2 heterocycles. The van der Waals surface area contributed by atoms with Crippen molar-refractivity contribution in [3.05, 3.63) is 24.7 Å². The second-order valence-corrected chi connectivity index (χ2v) is 4.71. The fourth-order valence-corrected chi connectivity index (χ4v) is 2.07. The summed E-state index contributed by atoms with van der Waals surface area (Å²) in [5.74, 6) is 0.532. The van der Waals surface area contributed by atoms with Crippen LogP contribution in [-0.2, 0) is 0 Å². The summed E-state index contributed by atoms with van der Waals surface area (Å²) in [5, 5.41) is 12.9. The van der Waals surface area contributed by atoms with Crippen LogP contribution in [-0.4, -0.2) is 38.9 Å². The number of nitrogens with zero attached hydrogens (tertiary/aromatic N) is 3. The van der Waals surface area contributed by atoms with Crippen molar-refractivity contribution < 1.29 is 9.50 Å². The highest BCUT2D eigenvalue weighted by molar-refractivity contribution is 5.84. The first kappa shape index (κ1) is 14.6. The van der Waals surface area contributed by atoms with E-state index in [2.05, 4.69) is 27.2 Å². The SMILES string of the molecule is CCCCC(Nc1ncnc2cccnc12)C(O)CF. The third-order valence-corrected chi connectivity index (χ3v) is 3.21. The molecule has 0 amide bonds. The molecule has 2 rings (SSSR count). The second kappa shape index (κ2) is 7.09. The molecule has 0 saturated heterocycles. The van der Waals surface area contributed by atoms with Crippen molar-refractivity contribution in [1.82, 2.24) is 15.0 Å². The van der Waals surface area contributed by atoms with Crippen LogP contribution in [0, 0.1) is 0 Å². The molecule has 0 aliphatic rings. The van der Waals surface area contributed by atoms with Crippen LogP contribution >= 0.6 is 0 Å². The van der Waals surface area contributed by atoms with Gasteiger partial charge in [0.15, 0.2) is 5.82 Å². The van der Waals surface area contributed by atoms with Gasteiger partial charge in [0, 0.05) is 6.20 Å². The molecule has 2 aromatic rings. The van der Waals surface area contributed by atoms with Gasteiger partial charge in [-0.15, -0.1) is 0 Å². The lowest BCUT2D eigenvalue weighted by Gasteiger charge is -2.22. The Balaban J connectivity index is 2.23. The van der Waals surface area contributed by atoms with E-state index in [-0.39, 0.29) is 6.04 Å². The maximum Gasteiger partial charge on any atom is 0.156 e. The van der Waals surface area contributed by atoms with Gasteiger partial charge in [0.05, 0.1) is 11.6 Å². The predicted octanol–water partition coefficient (Wildman–Crippen LogP) is 2.33. The fourth-order valence-electron chi connectivity index (χ4n) is 2.07. The third-order valence-electron chi connectivity index (χ3n) is 3.21. The number of hydrogen-bond donors (Lipinski definition) is 2. The minimum atomic E-state index is -1.05. The number of halogens is 1. The van der Waals surface area contributed by atoms with Crippen LogP contribution in [0.2, 0.25) is 0 Å². The molecule has 0 bridgehead atoms. The highest BCUT2D eigenvalue weighted by atomic mass is 19.1. The number of alkyl halides is 1. The van der Waals surface area contributed by atoms with Gasteiger partial charge >= 0.3 is 0 Å². The molecule has 5 nitrogen and oxygen atoms in total. The number of aliphatic hydroxyl groups excluding tert-OH is 1. The number of pyridine rings is 1. The summed E-state index contributed by atoms with van der Waals surface area (Å²) >= 11 is 0. The molecule has 0 aromatic carbocycles. The van der Waals surface area contributed by atoms with E-state index in [1.54, 1.807) is 12.3 Å². The van der Waals surface area contributed by atoms with Crippen molar-refractivity contribution in [2.24, 2.45) is 0 Å². The minimum Gasteiger partial charge on any atom is -0.388 e. The van der Waals surface area contributed by atoms with Gasteiger partial charge in [-0.2, -0.15) is 0 Å². The quantitative estimate of drug-likeness (QED) is 0.813. The van der Waals surface area contributed by atoms with Gasteiger partial charge in [0.2, 0.25) is 0 Å². The Hall–Kier alpha value is -1.82. The molecule has 0 aliphatic heterocycles. The maximum atomic E-state index is 12.7. The van der Waals surface area contributed by atoms with Crippen molar-refractivity contribution in [3.63, 3.8) is 0 Å². The van der Waals surface area contributed by atoms with E-state index < -0.39 is 12.8 Å². The van der Waals surface area contributed by atoms with Gasteiger partial charge in [-0.05, 0) is 18.6 Å². The first-order chi connectivity index (χ1) is 9.76. The maximum absolute atomic E-state index is 12.7. The summed E-state index contributed by atoms with van der Waals surface area (Å²) in [5.41, 5.74) is 1.34. The van der Waals surface area contributed by atoms with Crippen LogP contribution in [0.15, 0.2) is 24.7 Å². The van der Waals surface area contributed by atoms with Crippen LogP contribution in [0.5, 0.6) is 0 Å². The molecular formula is C14H19FN4O. The zero-order valence-corrected chi connectivity index (χ0v) is 11.5. The topological polar surface area (TPSA) is 70.9 Å². The number of nitrogens with one attached hydrogen (secondary N) is 1. The van der Waals surface area contributed by atoms with Gasteiger partial charge in [-0.1, -0.05) is 19.8 Å². The van der Waals surface area contributed by atoms with Crippen molar-refractivity contribution in [1.29, 1.82) is 0 Å². The highest BCUT2D eigenvalue weighted by Gasteiger charge is 2.20. The lowest BCUT2D eigenvalue weighted by molar-refractivity contribution is 0.116. The van der Waals surface area contributed by atoms with Crippen molar-refractivity contribution in [2.75, 3.05) is 12.0 Å². The van der Waals surface area contributed by atoms with Crippen molar-refractivity contribution >= 4 is 16.9 Å². The Labute approximate surface area is 117 Å². The number of unbranched alkanes of at least 4 members (excludes halogenated alkanes) is 1. The molecule has 2 atom stereocenters. The molecule has 2 aromatic heterocycles. The molecule has 6 heteroatoms. The van der Waals surface area contributed by atoms with E-state index >= 15 is 0 Å². The average Bonchev–Trinajstić information content (AvgIpc) is 2.50. The molecule has 2 unspecified atom stereocenters. The van der Waals surface area contributed by atoms with E-state index in [9.17, 15) is 9.50 Å². The molecule has 0 aliphatic carbocycles. The number of hydrogen-bond acceptors (Lipinski definition) is 5. The zero-order valence-electron chi connectivity index (χ0n) is 11.5. The van der Waals surface area contributed by atoms with Crippen LogP contribution in [0.1, 0.15) is 26.2 Å². The van der Waals surface area contributed by atoms with Crippen LogP contribution in [0.4, 0.5) is 10.2 Å². The summed E-state index contributed by atoms with van der Waals surface area (Å²) < 4.78 is 12.7. The van der Waals surface area contributed by atoms with Crippen molar-refractivity contribution in [3.8, 4) is 0 Å². The molecule has 20 heavy (non-hydrogen) atoms. The zero-order chi connectivity index (χ0) is 14.4. The summed E-state index contributed by atoms with van der Waals surface area (Å²) in [6, 6.07) is 3.26. The Morgan fingerprint density at radius 3 is 2.95 bits per heavy atom. The second-order valence-electron chi connectivity index (χ2n) is 4.71. The van der Waals surface area contributed by atoms with Crippen molar-refractivity contribution in [2.45, 2.75) is 38.3 Å². The van der Waals surface area contributed by atoms with E-state index in [4.69, 9.17) is 0 Å². The normalized spacial score (nSPS) is 14.2. The monoisotopic (exact) mass is 278 g/mol. The smallest absolute Gasteiger partial charge is 0.156 e.